The summed E-state index contributed by atoms with van der Waals surface area (Å²) in [5, 5.41) is 9.49. The molecule has 0 aliphatic carbocycles. The van der Waals surface area contributed by atoms with Crippen LogP contribution in [0.4, 0.5) is 0 Å². The van der Waals surface area contributed by atoms with Crippen LogP contribution in [-0.2, 0) is 0 Å². The van der Waals surface area contributed by atoms with E-state index in [9.17, 15) is 5.21 Å². The predicted octanol–water partition coefficient (Wildman–Crippen LogP) is 0.191. The van der Waals surface area contributed by atoms with Crippen molar-refractivity contribution >= 4 is 0 Å². The molecule has 9 heavy (non-hydrogen) atoms. The highest BCUT2D eigenvalue weighted by Crippen LogP contribution is 1.97. The number of quaternary nitrogens is 1. The largest absolute Gasteiger partial charge is 0.325 e. The van der Waals surface area contributed by atoms with Gasteiger partial charge in [0.2, 0.25) is 0 Å². The Labute approximate surface area is 56.6 Å². The minimum atomic E-state index is 0.108. The van der Waals surface area contributed by atoms with Crippen molar-refractivity contribution in [2.75, 3.05) is 26.2 Å². The normalized spacial score (nSPS) is 12.0. The van der Waals surface area contributed by atoms with Crippen molar-refractivity contribution in [1.82, 2.24) is 0 Å². The van der Waals surface area contributed by atoms with E-state index in [1.165, 1.54) is 0 Å². The average Bonchev–Trinajstić information content (AvgIpc) is 1.89. The maximum absolute atomic E-state index is 9.49. The summed E-state index contributed by atoms with van der Waals surface area (Å²) in [6.45, 7) is 6.62. The van der Waals surface area contributed by atoms with Crippen molar-refractivity contribution < 1.29 is 9.85 Å². The van der Waals surface area contributed by atoms with Gasteiger partial charge in [0.05, 0.1) is 0 Å². The Bertz CT molecular complexity index is 71.5. The minimum Gasteiger partial charge on any atom is -0.325 e. The van der Waals surface area contributed by atoms with Crippen LogP contribution in [0.5, 0.6) is 0 Å². The van der Waals surface area contributed by atoms with Crippen molar-refractivity contribution in [3.63, 3.8) is 0 Å². The Morgan fingerprint density at radius 1 is 1.33 bits per heavy atom. The molecule has 0 saturated heterocycles. The molecular weight excluding hydrogens is 116 g/mol. The second kappa shape index (κ2) is 3.82. The SMILES string of the molecule is CC[N+](O)(CC)CCN. The smallest absolute Gasteiger partial charge is 0.121 e. The number of nitrogens with two attached hydrogens (primary N) is 1. The molecule has 0 fully saturated rings. The van der Waals surface area contributed by atoms with Crippen LogP contribution in [0.15, 0.2) is 0 Å². The van der Waals surface area contributed by atoms with Crippen LogP contribution in [0.1, 0.15) is 13.8 Å². The molecule has 0 aliphatic rings. The van der Waals surface area contributed by atoms with Crippen LogP contribution in [-0.4, -0.2) is 36.0 Å². The number of hydrogen-bond donors (Lipinski definition) is 2. The van der Waals surface area contributed by atoms with Gasteiger partial charge < -0.3 is 5.73 Å². The Morgan fingerprint density at radius 3 is 1.89 bits per heavy atom. The summed E-state index contributed by atoms with van der Waals surface area (Å²) < 4.78 is 0.108. The Hall–Kier alpha value is -0.120. The standard InChI is InChI=1S/C6H17N2O/c1-3-8(9,4-2)6-5-7/h9H,3-7H2,1-2H3/q+1. The molecular formula is C6H17N2O+. The van der Waals surface area contributed by atoms with E-state index in [-0.39, 0.29) is 4.65 Å². The van der Waals surface area contributed by atoms with Gasteiger partial charge in [0, 0.05) is 6.54 Å². The molecule has 0 aliphatic heterocycles. The summed E-state index contributed by atoms with van der Waals surface area (Å²) in [6.07, 6.45) is 0. The Kier molecular flexibility index (Phi) is 3.77. The Balaban J connectivity index is 3.62. The lowest BCUT2D eigenvalue weighted by Gasteiger charge is -2.26. The average molecular weight is 133 g/mol. The third-order valence-corrected chi connectivity index (χ3v) is 1.72. The van der Waals surface area contributed by atoms with Crippen molar-refractivity contribution in [2.45, 2.75) is 13.8 Å². The summed E-state index contributed by atoms with van der Waals surface area (Å²) in [6, 6.07) is 0. The van der Waals surface area contributed by atoms with E-state index in [0.717, 1.165) is 13.1 Å². The lowest BCUT2D eigenvalue weighted by molar-refractivity contribution is -1.10. The van der Waals surface area contributed by atoms with Crippen molar-refractivity contribution in [2.24, 2.45) is 5.73 Å². The van der Waals surface area contributed by atoms with Crippen LogP contribution in [0, 0.1) is 0 Å². The van der Waals surface area contributed by atoms with Crippen LogP contribution in [0.25, 0.3) is 0 Å². The molecule has 3 heteroatoms. The summed E-state index contributed by atoms with van der Waals surface area (Å²) >= 11 is 0. The second-order valence-electron chi connectivity index (χ2n) is 2.24. The first kappa shape index (κ1) is 8.88. The van der Waals surface area contributed by atoms with Gasteiger partial charge >= 0.3 is 0 Å². The van der Waals surface area contributed by atoms with Gasteiger partial charge in [-0.1, -0.05) is 0 Å². The van der Waals surface area contributed by atoms with E-state index in [2.05, 4.69) is 0 Å². The third kappa shape index (κ3) is 2.79. The molecule has 0 aromatic heterocycles. The quantitative estimate of drug-likeness (QED) is 0.425. The van der Waals surface area contributed by atoms with Crippen LogP contribution >= 0.6 is 0 Å². The molecule has 0 unspecified atom stereocenters. The van der Waals surface area contributed by atoms with Gasteiger partial charge in [-0.05, 0) is 13.8 Å². The van der Waals surface area contributed by atoms with Crippen LogP contribution in [0.3, 0.4) is 0 Å². The topological polar surface area (TPSA) is 46.2 Å². The van der Waals surface area contributed by atoms with E-state index in [1.807, 2.05) is 13.8 Å². The fourth-order valence-electron chi connectivity index (χ4n) is 0.780. The number of likely N-dealkylation sites (N-methyl/N-ethyl adjacent to an activating group) is 1. The second-order valence-corrected chi connectivity index (χ2v) is 2.24. The van der Waals surface area contributed by atoms with Crippen LogP contribution < -0.4 is 5.73 Å². The van der Waals surface area contributed by atoms with Crippen molar-refractivity contribution in [1.29, 1.82) is 0 Å². The zero-order valence-corrected chi connectivity index (χ0v) is 6.30. The van der Waals surface area contributed by atoms with Gasteiger partial charge in [-0.25, -0.2) is 5.21 Å². The molecule has 3 nitrogen and oxygen atoms in total. The minimum absolute atomic E-state index is 0.108. The fourth-order valence-corrected chi connectivity index (χ4v) is 0.780. The molecule has 0 bridgehead atoms. The highest BCUT2D eigenvalue weighted by atomic mass is 16.5. The predicted molar refractivity (Wildman–Crippen MR) is 37.1 cm³/mol. The highest BCUT2D eigenvalue weighted by Gasteiger charge is 2.17. The fraction of sp³-hybridized carbons (Fsp3) is 1.00. The maximum Gasteiger partial charge on any atom is 0.121 e. The number of hydroxylamine groups is 3. The van der Waals surface area contributed by atoms with E-state index in [1.54, 1.807) is 0 Å². The molecule has 0 radical (unpaired) electrons. The first-order chi connectivity index (χ1) is 4.18. The summed E-state index contributed by atoms with van der Waals surface area (Å²) in [7, 11) is 0. The molecule has 0 spiro atoms. The number of rotatable bonds is 4. The first-order valence-electron chi connectivity index (χ1n) is 3.47. The molecule has 0 heterocycles. The number of nitrogens with zero attached hydrogens (tertiary/aromatic N) is 1. The zero-order valence-electron chi connectivity index (χ0n) is 6.30. The van der Waals surface area contributed by atoms with Crippen molar-refractivity contribution in [3.8, 4) is 0 Å². The summed E-state index contributed by atoms with van der Waals surface area (Å²) in [5.41, 5.74) is 5.29. The highest BCUT2D eigenvalue weighted by molar-refractivity contribution is 4.30. The van der Waals surface area contributed by atoms with Gasteiger partial charge in [-0.3, -0.25) is 0 Å². The maximum atomic E-state index is 9.49. The van der Waals surface area contributed by atoms with E-state index < -0.39 is 0 Å². The van der Waals surface area contributed by atoms with Gasteiger partial charge in [-0.15, -0.1) is 0 Å². The van der Waals surface area contributed by atoms with Crippen molar-refractivity contribution in [3.05, 3.63) is 0 Å². The summed E-state index contributed by atoms with van der Waals surface area (Å²) in [4.78, 5) is 0. The van der Waals surface area contributed by atoms with Gasteiger partial charge in [0.25, 0.3) is 0 Å². The molecule has 0 atom stereocenters. The summed E-state index contributed by atoms with van der Waals surface area (Å²) in [5.74, 6) is 0. The van der Waals surface area contributed by atoms with E-state index in [4.69, 9.17) is 5.73 Å². The molecule has 56 valence electrons. The molecule has 3 N–H and O–H groups in total. The van der Waals surface area contributed by atoms with E-state index in [0.29, 0.717) is 13.1 Å². The number of hydrogen-bond acceptors (Lipinski definition) is 2. The monoisotopic (exact) mass is 133 g/mol. The molecule has 0 amide bonds. The molecule has 0 aromatic rings. The van der Waals surface area contributed by atoms with Gasteiger partial charge in [0.1, 0.15) is 19.6 Å². The zero-order chi connectivity index (χ0) is 7.33. The molecule has 0 rings (SSSR count). The lowest BCUT2D eigenvalue weighted by atomic mass is 10.4. The van der Waals surface area contributed by atoms with Gasteiger partial charge in [0.15, 0.2) is 0 Å². The molecule has 0 saturated carbocycles. The third-order valence-electron chi connectivity index (χ3n) is 1.72. The van der Waals surface area contributed by atoms with Crippen LogP contribution in [0.2, 0.25) is 0 Å². The lowest BCUT2D eigenvalue weighted by Crippen LogP contribution is -2.47. The molecule has 0 aromatic carbocycles. The first-order valence-corrected chi connectivity index (χ1v) is 3.47. The Morgan fingerprint density at radius 2 is 1.78 bits per heavy atom. The van der Waals surface area contributed by atoms with Gasteiger partial charge in [-0.2, -0.15) is 4.65 Å². The van der Waals surface area contributed by atoms with E-state index >= 15 is 0 Å².